The minimum Gasteiger partial charge on any atom is -0.485 e. The van der Waals surface area contributed by atoms with Crippen molar-refractivity contribution in [3.63, 3.8) is 0 Å². The highest BCUT2D eigenvalue weighted by Gasteiger charge is 2.34. The molecule has 3 heterocycles. The summed E-state index contributed by atoms with van der Waals surface area (Å²) in [6.07, 6.45) is -1.07. The number of ether oxygens (including phenoxy) is 3. The third-order valence-corrected chi connectivity index (χ3v) is 6.35. The molecule has 2 aromatic rings. The number of benzene rings is 2. The van der Waals surface area contributed by atoms with Gasteiger partial charge >= 0.3 is 0 Å². The van der Waals surface area contributed by atoms with Crippen LogP contribution in [0, 0.1) is 0 Å². The van der Waals surface area contributed by atoms with Gasteiger partial charge in [-0.05, 0) is 31.2 Å². The highest BCUT2D eigenvalue weighted by molar-refractivity contribution is 6.00. The molecule has 0 N–H and O–H groups in total. The zero-order chi connectivity index (χ0) is 23.7. The molecule has 1 saturated heterocycles. The molecule has 3 aliphatic heterocycles. The quantitative estimate of drug-likeness (QED) is 0.683. The van der Waals surface area contributed by atoms with Crippen molar-refractivity contribution in [2.24, 2.45) is 0 Å². The van der Waals surface area contributed by atoms with Crippen molar-refractivity contribution in [1.82, 2.24) is 9.80 Å². The van der Waals surface area contributed by atoms with Crippen LogP contribution in [0.5, 0.6) is 17.2 Å². The Labute approximate surface area is 197 Å². The third-order valence-electron chi connectivity index (χ3n) is 6.35. The van der Waals surface area contributed by atoms with Crippen molar-refractivity contribution in [3.8, 4) is 17.2 Å². The lowest BCUT2D eigenvalue weighted by atomic mass is 10.1. The Morgan fingerprint density at radius 3 is 2.29 bits per heavy atom. The monoisotopic (exact) mass is 465 g/mol. The number of anilines is 1. The number of amides is 3. The van der Waals surface area contributed by atoms with Gasteiger partial charge in [-0.2, -0.15) is 0 Å². The molecular weight excluding hydrogens is 438 g/mol. The van der Waals surface area contributed by atoms with Gasteiger partial charge in [0, 0.05) is 39.1 Å². The van der Waals surface area contributed by atoms with E-state index in [2.05, 4.69) is 0 Å². The second kappa shape index (κ2) is 9.24. The van der Waals surface area contributed by atoms with E-state index >= 15 is 0 Å². The van der Waals surface area contributed by atoms with Crippen LogP contribution >= 0.6 is 0 Å². The van der Waals surface area contributed by atoms with Gasteiger partial charge in [-0.3, -0.25) is 14.4 Å². The second-order valence-corrected chi connectivity index (χ2v) is 8.54. The van der Waals surface area contributed by atoms with E-state index in [1.165, 1.54) is 0 Å². The average Bonchev–Trinajstić information content (AvgIpc) is 2.88. The summed E-state index contributed by atoms with van der Waals surface area (Å²) in [7, 11) is 0. The number of hydrogen-bond acceptors (Lipinski definition) is 6. The van der Waals surface area contributed by atoms with Crippen molar-refractivity contribution in [2.45, 2.75) is 25.6 Å². The first-order chi connectivity index (χ1) is 16.5. The van der Waals surface area contributed by atoms with Gasteiger partial charge in [0.1, 0.15) is 12.4 Å². The fraction of sp³-hybridized carbons (Fsp3) is 0.400. The van der Waals surface area contributed by atoms with Gasteiger partial charge in [0.25, 0.3) is 11.8 Å². The van der Waals surface area contributed by atoms with Gasteiger partial charge in [0.15, 0.2) is 17.6 Å². The molecule has 5 rings (SSSR count). The maximum Gasteiger partial charge on any atom is 0.267 e. The number of carbonyl (C=O) groups excluding carboxylic acids is 3. The molecular formula is C25H27N3O6. The first kappa shape index (κ1) is 22.1. The molecule has 3 aliphatic rings. The molecule has 0 spiro atoms. The van der Waals surface area contributed by atoms with Crippen LogP contribution in [0.15, 0.2) is 48.5 Å². The van der Waals surface area contributed by atoms with Crippen LogP contribution in [-0.4, -0.2) is 79.1 Å². The maximum atomic E-state index is 12.9. The minimum atomic E-state index is -0.688. The molecule has 0 radical (unpaired) electrons. The van der Waals surface area contributed by atoms with E-state index in [9.17, 15) is 14.4 Å². The lowest BCUT2D eigenvalue weighted by Crippen LogP contribution is -2.55. The lowest BCUT2D eigenvalue weighted by molar-refractivity contribution is -0.146. The van der Waals surface area contributed by atoms with Gasteiger partial charge in [0.2, 0.25) is 12.0 Å². The van der Waals surface area contributed by atoms with Gasteiger partial charge in [-0.1, -0.05) is 24.3 Å². The fourth-order valence-electron chi connectivity index (χ4n) is 4.48. The minimum absolute atomic E-state index is 0.0392. The molecule has 2 aromatic carbocycles. The third kappa shape index (κ3) is 4.25. The Hall–Kier alpha value is -3.75. The largest absolute Gasteiger partial charge is 0.485 e. The van der Waals surface area contributed by atoms with Crippen molar-refractivity contribution in [3.05, 3.63) is 48.5 Å². The predicted molar refractivity (Wildman–Crippen MR) is 123 cm³/mol. The summed E-state index contributed by atoms with van der Waals surface area (Å²) in [6.45, 7) is 3.92. The Kier molecular flexibility index (Phi) is 6.00. The highest BCUT2D eigenvalue weighted by atomic mass is 16.6. The Morgan fingerprint density at radius 2 is 1.53 bits per heavy atom. The number of nitrogens with zero attached hydrogens (tertiary/aromatic N) is 3. The van der Waals surface area contributed by atoms with Crippen molar-refractivity contribution in [1.29, 1.82) is 0 Å². The van der Waals surface area contributed by atoms with E-state index in [-0.39, 0.29) is 37.3 Å². The summed E-state index contributed by atoms with van der Waals surface area (Å²) in [5.74, 6) is 1.52. The molecule has 9 nitrogen and oxygen atoms in total. The van der Waals surface area contributed by atoms with Crippen LogP contribution < -0.4 is 19.1 Å². The SMILES string of the molecule is CC1Oc2ccccc2N(CCC(=O)N2CCN(C(=O)C3COc4ccccc4O3)CC2)C1=O. The van der Waals surface area contributed by atoms with E-state index in [1.54, 1.807) is 27.7 Å². The predicted octanol–water partition coefficient (Wildman–Crippen LogP) is 1.70. The number of rotatable bonds is 4. The van der Waals surface area contributed by atoms with Gasteiger partial charge in [0.05, 0.1) is 5.69 Å². The smallest absolute Gasteiger partial charge is 0.267 e. The molecule has 0 saturated carbocycles. The second-order valence-electron chi connectivity index (χ2n) is 8.54. The topological polar surface area (TPSA) is 88.6 Å². The van der Waals surface area contributed by atoms with Crippen LogP contribution in [0.1, 0.15) is 13.3 Å². The molecule has 178 valence electrons. The number of hydrogen-bond donors (Lipinski definition) is 0. The standard InChI is InChI=1S/C25H27N3O6/c1-17-24(30)28(18-6-2-3-7-19(18)33-17)11-10-23(29)26-12-14-27(15-13-26)25(31)22-16-32-20-8-4-5-9-21(20)34-22/h2-9,17,22H,10-16H2,1H3. The van der Waals surface area contributed by atoms with E-state index < -0.39 is 12.2 Å². The van der Waals surface area contributed by atoms with Crippen molar-refractivity contribution >= 4 is 23.4 Å². The van der Waals surface area contributed by atoms with Gasteiger partial charge < -0.3 is 28.9 Å². The summed E-state index contributed by atoms with van der Waals surface area (Å²) >= 11 is 0. The summed E-state index contributed by atoms with van der Waals surface area (Å²) in [5.41, 5.74) is 0.685. The van der Waals surface area contributed by atoms with E-state index in [4.69, 9.17) is 14.2 Å². The maximum absolute atomic E-state index is 12.9. The Bertz CT molecular complexity index is 1100. The van der Waals surface area contributed by atoms with Gasteiger partial charge in [-0.25, -0.2) is 0 Å². The van der Waals surface area contributed by atoms with Crippen LogP contribution in [-0.2, 0) is 14.4 Å². The molecule has 2 unspecified atom stereocenters. The number of carbonyl (C=O) groups is 3. The van der Waals surface area contributed by atoms with Crippen LogP contribution in [0.3, 0.4) is 0 Å². The van der Waals surface area contributed by atoms with E-state index in [0.29, 0.717) is 49.1 Å². The Morgan fingerprint density at radius 1 is 0.882 bits per heavy atom. The van der Waals surface area contributed by atoms with Gasteiger partial charge in [-0.15, -0.1) is 0 Å². The molecule has 1 fully saturated rings. The van der Waals surface area contributed by atoms with Crippen molar-refractivity contribution < 1.29 is 28.6 Å². The fourth-order valence-corrected chi connectivity index (χ4v) is 4.48. The molecule has 2 atom stereocenters. The Balaban J connectivity index is 1.13. The average molecular weight is 466 g/mol. The highest BCUT2D eigenvalue weighted by Crippen LogP contribution is 2.34. The summed E-state index contributed by atoms with van der Waals surface area (Å²) < 4.78 is 17.1. The molecule has 0 aromatic heterocycles. The number of piperazine rings is 1. The zero-order valence-corrected chi connectivity index (χ0v) is 19.0. The van der Waals surface area contributed by atoms with Crippen LogP contribution in [0.2, 0.25) is 0 Å². The first-order valence-corrected chi connectivity index (χ1v) is 11.5. The summed E-state index contributed by atoms with van der Waals surface area (Å²) in [4.78, 5) is 43.5. The molecule has 0 bridgehead atoms. The number of para-hydroxylation sites is 4. The van der Waals surface area contributed by atoms with E-state index in [0.717, 1.165) is 0 Å². The zero-order valence-electron chi connectivity index (χ0n) is 19.0. The van der Waals surface area contributed by atoms with E-state index in [1.807, 2.05) is 42.5 Å². The molecule has 3 amide bonds. The normalized spacial score (nSPS) is 21.6. The summed E-state index contributed by atoms with van der Waals surface area (Å²) in [6, 6.07) is 14.6. The van der Waals surface area contributed by atoms with Crippen LogP contribution in [0.4, 0.5) is 5.69 Å². The molecule has 34 heavy (non-hydrogen) atoms. The molecule has 0 aliphatic carbocycles. The molecule has 9 heteroatoms. The lowest BCUT2D eigenvalue weighted by Gasteiger charge is -2.37. The van der Waals surface area contributed by atoms with Crippen molar-refractivity contribution in [2.75, 3.05) is 44.2 Å². The first-order valence-electron chi connectivity index (χ1n) is 11.5. The summed E-state index contributed by atoms with van der Waals surface area (Å²) in [5, 5.41) is 0. The number of fused-ring (bicyclic) bond motifs is 2. The van der Waals surface area contributed by atoms with Crippen LogP contribution in [0.25, 0.3) is 0 Å².